The lowest BCUT2D eigenvalue weighted by molar-refractivity contribution is 0.317. The van der Waals surface area contributed by atoms with E-state index in [0.29, 0.717) is 5.88 Å². The molecule has 0 aliphatic carbocycles. The molecular formula is C14H19ClO. The van der Waals surface area contributed by atoms with Gasteiger partial charge in [-0.05, 0) is 30.5 Å². The van der Waals surface area contributed by atoms with Crippen molar-refractivity contribution in [3.05, 3.63) is 35.4 Å². The minimum atomic E-state index is 0.594. The highest BCUT2D eigenvalue weighted by atomic mass is 35.5. The first kappa shape index (κ1) is 13.1. The van der Waals surface area contributed by atoms with E-state index in [1.165, 1.54) is 5.57 Å². The fraction of sp³-hybridized carbons (Fsp3) is 0.429. The number of ether oxygens (including phenoxy) is 1. The molecule has 0 unspecified atom stereocenters. The normalized spacial score (nSPS) is 11.6. The molecule has 0 aliphatic heterocycles. The summed E-state index contributed by atoms with van der Waals surface area (Å²) in [6.45, 7) is 4.99. The second kappa shape index (κ2) is 7.34. The van der Waals surface area contributed by atoms with Crippen molar-refractivity contribution in [2.45, 2.75) is 26.7 Å². The Morgan fingerprint density at radius 1 is 1.38 bits per heavy atom. The summed E-state index contributed by atoms with van der Waals surface area (Å²) in [4.78, 5) is 0. The monoisotopic (exact) mass is 238 g/mol. The van der Waals surface area contributed by atoms with Crippen molar-refractivity contribution in [1.82, 2.24) is 0 Å². The topological polar surface area (TPSA) is 9.23 Å². The van der Waals surface area contributed by atoms with Gasteiger partial charge >= 0.3 is 0 Å². The van der Waals surface area contributed by atoms with Crippen LogP contribution in [0.2, 0.25) is 0 Å². The van der Waals surface area contributed by atoms with Crippen LogP contribution in [-0.4, -0.2) is 12.5 Å². The lowest BCUT2D eigenvalue weighted by Gasteiger charge is -2.05. The summed E-state index contributed by atoms with van der Waals surface area (Å²) in [5, 5.41) is 0. The maximum absolute atomic E-state index is 5.84. The zero-order chi connectivity index (χ0) is 11.8. The molecule has 1 aromatic rings. The lowest BCUT2D eigenvalue weighted by Crippen LogP contribution is -1.94. The van der Waals surface area contributed by atoms with Crippen molar-refractivity contribution >= 4 is 17.7 Å². The summed E-state index contributed by atoms with van der Waals surface area (Å²) in [5.41, 5.74) is 2.40. The van der Waals surface area contributed by atoms with Gasteiger partial charge in [-0.3, -0.25) is 0 Å². The molecule has 0 aromatic heterocycles. The van der Waals surface area contributed by atoms with E-state index in [4.69, 9.17) is 16.3 Å². The Kier molecular flexibility index (Phi) is 6.02. The summed E-state index contributed by atoms with van der Waals surface area (Å²) >= 11 is 5.84. The predicted molar refractivity (Wildman–Crippen MR) is 71.2 cm³/mol. The maximum Gasteiger partial charge on any atom is 0.119 e. The van der Waals surface area contributed by atoms with Gasteiger partial charge in [-0.15, -0.1) is 11.6 Å². The molecule has 2 heteroatoms. The molecule has 0 N–H and O–H groups in total. The van der Waals surface area contributed by atoms with Crippen LogP contribution in [0.5, 0.6) is 5.75 Å². The highest BCUT2D eigenvalue weighted by Gasteiger charge is 1.96. The molecule has 1 aromatic carbocycles. The molecule has 0 saturated carbocycles. The third-order valence-corrected chi connectivity index (χ3v) is 2.67. The third kappa shape index (κ3) is 4.28. The molecule has 0 spiro atoms. The first-order valence-corrected chi connectivity index (χ1v) is 6.31. The van der Waals surface area contributed by atoms with Crippen molar-refractivity contribution in [1.29, 1.82) is 0 Å². The molecule has 88 valence electrons. The van der Waals surface area contributed by atoms with Crippen LogP contribution in [-0.2, 0) is 0 Å². The van der Waals surface area contributed by atoms with E-state index in [1.807, 2.05) is 12.1 Å². The Bertz CT molecular complexity index is 338. The molecule has 16 heavy (non-hydrogen) atoms. The second-order valence-corrected chi connectivity index (χ2v) is 3.98. The highest BCUT2D eigenvalue weighted by Crippen LogP contribution is 2.17. The van der Waals surface area contributed by atoms with Crippen LogP contribution in [0.25, 0.3) is 6.08 Å². The molecule has 0 saturated heterocycles. The van der Waals surface area contributed by atoms with Crippen LogP contribution in [0, 0.1) is 0 Å². The second-order valence-electron chi connectivity index (χ2n) is 3.71. The van der Waals surface area contributed by atoms with E-state index in [2.05, 4.69) is 32.1 Å². The minimum Gasteiger partial charge on any atom is -0.494 e. The molecule has 1 rings (SSSR count). The van der Waals surface area contributed by atoms with Crippen LogP contribution in [0.4, 0.5) is 0 Å². The largest absolute Gasteiger partial charge is 0.494 e. The fourth-order valence-electron chi connectivity index (χ4n) is 1.38. The molecule has 0 amide bonds. The zero-order valence-corrected chi connectivity index (χ0v) is 10.8. The Morgan fingerprint density at radius 3 is 2.81 bits per heavy atom. The SMILES string of the molecule is CCCOc1cccc(C=C(CC)CCl)c1. The van der Waals surface area contributed by atoms with Gasteiger partial charge in [0.05, 0.1) is 6.61 Å². The summed E-state index contributed by atoms with van der Waals surface area (Å²) < 4.78 is 5.58. The zero-order valence-electron chi connectivity index (χ0n) is 10.0. The van der Waals surface area contributed by atoms with Crippen molar-refractivity contribution in [2.24, 2.45) is 0 Å². The van der Waals surface area contributed by atoms with E-state index in [0.717, 1.165) is 30.8 Å². The number of hydrogen-bond donors (Lipinski definition) is 0. The van der Waals surface area contributed by atoms with Gasteiger partial charge in [0, 0.05) is 5.88 Å². The van der Waals surface area contributed by atoms with Gasteiger partial charge in [0.15, 0.2) is 0 Å². The summed E-state index contributed by atoms with van der Waals surface area (Å²) in [7, 11) is 0. The van der Waals surface area contributed by atoms with E-state index >= 15 is 0 Å². The van der Waals surface area contributed by atoms with Crippen LogP contribution in [0.1, 0.15) is 32.3 Å². The summed E-state index contributed by atoms with van der Waals surface area (Å²) in [5.74, 6) is 1.52. The van der Waals surface area contributed by atoms with Gasteiger partial charge < -0.3 is 4.74 Å². The molecule has 0 radical (unpaired) electrons. The van der Waals surface area contributed by atoms with Gasteiger partial charge in [-0.1, -0.05) is 37.6 Å². The van der Waals surface area contributed by atoms with Crippen LogP contribution < -0.4 is 4.74 Å². The fourth-order valence-corrected chi connectivity index (χ4v) is 1.65. The van der Waals surface area contributed by atoms with Gasteiger partial charge in [0.1, 0.15) is 5.75 Å². The van der Waals surface area contributed by atoms with E-state index < -0.39 is 0 Å². The molecule has 0 heterocycles. The maximum atomic E-state index is 5.84. The van der Waals surface area contributed by atoms with Gasteiger partial charge in [0.2, 0.25) is 0 Å². The van der Waals surface area contributed by atoms with Crippen LogP contribution >= 0.6 is 11.6 Å². The molecule has 0 aliphatic rings. The van der Waals surface area contributed by atoms with Gasteiger partial charge in [-0.25, -0.2) is 0 Å². The average Bonchev–Trinajstić information content (AvgIpc) is 2.34. The summed E-state index contributed by atoms with van der Waals surface area (Å²) in [6, 6.07) is 8.12. The number of allylic oxidation sites excluding steroid dienone is 1. The minimum absolute atomic E-state index is 0.594. The van der Waals surface area contributed by atoms with Crippen molar-refractivity contribution in [2.75, 3.05) is 12.5 Å². The number of rotatable bonds is 6. The van der Waals surface area contributed by atoms with Gasteiger partial charge in [0.25, 0.3) is 0 Å². The van der Waals surface area contributed by atoms with Crippen LogP contribution in [0.3, 0.4) is 0 Å². The number of benzene rings is 1. The van der Waals surface area contributed by atoms with E-state index in [9.17, 15) is 0 Å². The third-order valence-electron chi connectivity index (χ3n) is 2.33. The molecule has 1 nitrogen and oxygen atoms in total. The number of hydrogen-bond acceptors (Lipinski definition) is 1. The molecular weight excluding hydrogens is 220 g/mol. The highest BCUT2D eigenvalue weighted by molar-refractivity contribution is 6.19. The molecule has 0 atom stereocenters. The summed E-state index contributed by atoms with van der Waals surface area (Å²) in [6.07, 6.45) is 4.15. The average molecular weight is 239 g/mol. The number of alkyl halides is 1. The van der Waals surface area contributed by atoms with E-state index in [1.54, 1.807) is 0 Å². The van der Waals surface area contributed by atoms with Crippen LogP contribution in [0.15, 0.2) is 29.8 Å². The van der Waals surface area contributed by atoms with Crippen molar-refractivity contribution < 1.29 is 4.74 Å². The Labute approximate surface area is 103 Å². The number of halogens is 1. The Balaban J connectivity index is 2.77. The van der Waals surface area contributed by atoms with Crippen molar-refractivity contribution in [3.8, 4) is 5.75 Å². The standard InChI is InChI=1S/C14H19ClO/c1-3-8-16-14-7-5-6-13(10-14)9-12(4-2)11-15/h5-7,9-10H,3-4,8,11H2,1-2H3. The van der Waals surface area contributed by atoms with Crippen molar-refractivity contribution in [3.63, 3.8) is 0 Å². The predicted octanol–water partition coefficient (Wildman–Crippen LogP) is 4.51. The molecule has 0 bridgehead atoms. The Morgan fingerprint density at radius 2 is 2.19 bits per heavy atom. The molecule has 0 fully saturated rings. The van der Waals surface area contributed by atoms with E-state index in [-0.39, 0.29) is 0 Å². The smallest absolute Gasteiger partial charge is 0.119 e. The first-order chi connectivity index (χ1) is 7.80. The Hall–Kier alpha value is -0.950. The van der Waals surface area contributed by atoms with Gasteiger partial charge in [-0.2, -0.15) is 0 Å². The first-order valence-electron chi connectivity index (χ1n) is 5.78. The lowest BCUT2D eigenvalue weighted by atomic mass is 10.1. The quantitative estimate of drug-likeness (QED) is 0.663.